The summed E-state index contributed by atoms with van der Waals surface area (Å²) in [6.07, 6.45) is 1.86. The first kappa shape index (κ1) is 20.9. The smallest absolute Gasteiger partial charge is 0.223 e. The largest absolute Gasteiger partial charge is 0.491 e. The maximum atomic E-state index is 6.05. The number of hydrogen-bond donors (Lipinski definition) is 2. The highest BCUT2D eigenvalue weighted by Gasteiger charge is 2.24. The molecule has 0 saturated heterocycles. The van der Waals surface area contributed by atoms with Gasteiger partial charge in [-0.3, -0.25) is 0 Å². The first-order valence-corrected chi connectivity index (χ1v) is 11.9. The summed E-state index contributed by atoms with van der Waals surface area (Å²) < 4.78 is 6.79. The van der Waals surface area contributed by atoms with Crippen LogP contribution in [0.1, 0.15) is 30.9 Å². The Bertz CT molecular complexity index is 1320. The summed E-state index contributed by atoms with van der Waals surface area (Å²) in [6, 6.07) is 8.22. The number of benzene rings is 1. The van der Waals surface area contributed by atoms with E-state index in [1.54, 1.807) is 0 Å². The molecule has 4 N–H and O–H groups in total. The molecule has 0 amide bonds. The fourth-order valence-electron chi connectivity index (χ4n) is 3.94. The average Bonchev–Trinajstić information content (AvgIpc) is 2.98. The van der Waals surface area contributed by atoms with E-state index in [0.717, 1.165) is 48.8 Å². The Labute approximate surface area is 197 Å². The third-order valence-electron chi connectivity index (χ3n) is 5.41. The summed E-state index contributed by atoms with van der Waals surface area (Å²) in [5, 5.41) is 0.520. The normalized spacial score (nSPS) is 13.8. The molecule has 1 aliphatic heterocycles. The van der Waals surface area contributed by atoms with Crippen LogP contribution in [-0.2, 0) is 6.54 Å². The lowest BCUT2D eigenvalue weighted by molar-refractivity contribution is 0.331. The second-order valence-corrected chi connectivity index (χ2v) is 9.72. The summed E-state index contributed by atoms with van der Waals surface area (Å²) in [5.41, 5.74) is 16.8. The van der Waals surface area contributed by atoms with Crippen LogP contribution in [0, 0.1) is 0 Å². The van der Waals surface area contributed by atoms with Gasteiger partial charge in [0.05, 0.1) is 6.54 Å². The van der Waals surface area contributed by atoms with E-state index in [4.69, 9.17) is 16.2 Å². The van der Waals surface area contributed by atoms with Crippen molar-refractivity contribution in [2.75, 3.05) is 29.5 Å². The van der Waals surface area contributed by atoms with E-state index in [1.807, 2.05) is 24.4 Å². The standard InChI is InChI=1S/C22H22BrN7OS/c1-11(2)17-18(23)28-21(24)29-19(17)30-5-6-31-16-4-3-12(7-14(16)10-30)13-8-15-20(26-9-13)32-22(25)27-15/h3-4,7-9,11H,5-6,10H2,1-2H3,(H2,25,27)(H2,24,28,29). The number of thiazole rings is 1. The van der Waals surface area contributed by atoms with Crippen LogP contribution in [-0.4, -0.2) is 33.1 Å². The Hall–Kier alpha value is -2.98. The first-order valence-electron chi connectivity index (χ1n) is 10.2. The number of rotatable bonds is 3. The van der Waals surface area contributed by atoms with Crippen molar-refractivity contribution in [1.29, 1.82) is 0 Å². The van der Waals surface area contributed by atoms with Gasteiger partial charge < -0.3 is 21.1 Å². The molecule has 4 aromatic rings. The van der Waals surface area contributed by atoms with Gasteiger partial charge in [0.1, 0.15) is 33.1 Å². The quantitative estimate of drug-likeness (QED) is 0.383. The number of nitrogen functional groups attached to an aromatic ring is 2. The van der Waals surface area contributed by atoms with E-state index in [2.05, 4.69) is 60.7 Å². The summed E-state index contributed by atoms with van der Waals surface area (Å²) in [5.74, 6) is 2.19. The van der Waals surface area contributed by atoms with Crippen molar-refractivity contribution in [3.05, 3.63) is 46.2 Å². The molecule has 1 aliphatic rings. The molecular formula is C22H22BrN7OS. The number of anilines is 3. The molecule has 4 heterocycles. The summed E-state index contributed by atoms with van der Waals surface area (Å²) in [4.78, 5) is 20.8. The first-order chi connectivity index (χ1) is 15.4. The fourth-order valence-corrected chi connectivity index (χ4v) is 5.41. The predicted octanol–water partition coefficient (Wildman–Crippen LogP) is 4.60. The van der Waals surface area contributed by atoms with Gasteiger partial charge in [-0.05, 0) is 45.6 Å². The molecule has 32 heavy (non-hydrogen) atoms. The van der Waals surface area contributed by atoms with Crippen molar-refractivity contribution in [3.63, 3.8) is 0 Å². The number of aromatic nitrogens is 4. The molecule has 0 bridgehead atoms. The van der Waals surface area contributed by atoms with E-state index in [0.29, 0.717) is 24.8 Å². The molecule has 0 spiro atoms. The Morgan fingerprint density at radius 3 is 2.78 bits per heavy atom. The van der Waals surface area contributed by atoms with Crippen LogP contribution >= 0.6 is 27.3 Å². The maximum Gasteiger partial charge on any atom is 0.223 e. The molecule has 3 aromatic heterocycles. The lowest BCUT2D eigenvalue weighted by Crippen LogP contribution is -2.28. The number of nitrogens with zero attached hydrogens (tertiary/aromatic N) is 5. The number of fused-ring (bicyclic) bond motifs is 2. The summed E-state index contributed by atoms with van der Waals surface area (Å²) in [6.45, 7) is 6.14. The van der Waals surface area contributed by atoms with Crippen LogP contribution < -0.4 is 21.1 Å². The molecule has 0 unspecified atom stereocenters. The van der Waals surface area contributed by atoms with E-state index >= 15 is 0 Å². The molecule has 1 aromatic carbocycles. The molecule has 0 radical (unpaired) electrons. The van der Waals surface area contributed by atoms with Crippen molar-refractivity contribution in [2.45, 2.75) is 26.3 Å². The highest BCUT2D eigenvalue weighted by atomic mass is 79.9. The zero-order valence-electron chi connectivity index (χ0n) is 17.7. The molecule has 164 valence electrons. The van der Waals surface area contributed by atoms with Crippen LogP contribution in [0.25, 0.3) is 21.5 Å². The Kier molecular flexibility index (Phi) is 5.34. The number of nitrogens with two attached hydrogens (primary N) is 2. The lowest BCUT2D eigenvalue weighted by Gasteiger charge is -2.25. The highest BCUT2D eigenvalue weighted by Crippen LogP contribution is 2.36. The number of halogens is 1. The summed E-state index contributed by atoms with van der Waals surface area (Å²) >= 11 is 4.96. The minimum atomic E-state index is 0.235. The van der Waals surface area contributed by atoms with Crippen molar-refractivity contribution in [1.82, 2.24) is 19.9 Å². The molecule has 0 aliphatic carbocycles. The number of ether oxygens (including phenoxy) is 1. The van der Waals surface area contributed by atoms with Gasteiger partial charge in [0.2, 0.25) is 5.95 Å². The SMILES string of the molecule is CC(C)c1c(Br)nc(N)nc1N1CCOc2ccc(-c3cnc4sc(N)nc4c3)cc2C1. The highest BCUT2D eigenvalue weighted by molar-refractivity contribution is 9.10. The van der Waals surface area contributed by atoms with Gasteiger partial charge in [-0.25, -0.2) is 15.0 Å². The molecule has 8 nitrogen and oxygen atoms in total. The van der Waals surface area contributed by atoms with Gasteiger partial charge in [-0.1, -0.05) is 31.3 Å². The van der Waals surface area contributed by atoms with Gasteiger partial charge in [-0.15, -0.1) is 0 Å². The van der Waals surface area contributed by atoms with E-state index in [9.17, 15) is 0 Å². The van der Waals surface area contributed by atoms with Crippen LogP contribution in [0.15, 0.2) is 35.1 Å². The number of pyridine rings is 1. The maximum absolute atomic E-state index is 6.05. The van der Waals surface area contributed by atoms with Gasteiger partial charge in [0.25, 0.3) is 0 Å². The Morgan fingerprint density at radius 1 is 1.12 bits per heavy atom. The molecular weight excluding hydrogens is 490 g/mol. The minimum absolute atomic E-state index is 0.235. The van der Waals surface area contributed by atoms with Crippen LogP contribution in [0.5, 0.6) is 5.75 Å². The monoisotopic (exact) mass is 511 g/mol. The van der Waals surface area contributed by atoms with Crippen LogP contribution in [0.3, 0.4) is 0 Å². The van der Waals surface area contributed by atoms with E-state index < -0.39 is 0 Å². The van der Waals surface area contributed by atoms with Crippen molar-refractivity contribution < 1.29 is 4.74 Å². The van der Waals surface area contributed by atoms with Gasteiger partial charge in [0.15, 0.2) is 5.13 Å². The molecule has 10 heteroatoms. The van der Waals surface area contributed by atoms with Gasteiger partial charge in [0, 0.05) is 29.4 Å². The van der Waals surface area contributed by atoms with Crippen molar-refractivity contribution in [2.24, 2.45) is 0 Å². The Morgan fingerprint density at radius 2 is 1.97 bits per heavy atom. The molecule has 0 fully saturated rings. The summed E-state index contributed by atoms with van der Waals surface area (Å²) in [7, 11) is 0. The van der Waals surface area contributed by atoms with Crippen LogP contribution in [0.2, 0.25) is 0 Å². The van der Waals surface area contributed by atoms with Crippen molar-refractivity contribution in [3.8, 4) is 16.9 Å². The van der Waals surface area contributed by atoms with E-state index in [1.165, 1.54) is 11.3 Å². The minimum Gasteiger partial charge on any atom is -0.491 e. The van der Waals surface area contributed by atoms with Gasteiger partial charge in [-0.2, -0.15) is 4.98 Å². The third-order valence-corrected chi connectivity index (χ3v) is 6.82. The van der Waals surface area contributed by atoms with Crippen molar-refractivity contribution >= 4 is 54.5 Å². The molecule has 5 rings (SSSR count). The predicted molar refractivity (Wildman–Crippen MR) is 132 cm³/mol. The topological polar surface area (TPSA) is 116 Å². The molecule has 0 atom stereocenters. The number of hydrogen-bond acceptors (Lipinski definition) is 9. The van der Waals surface area contributed by atoms with Gasteiger partial charge >= 0.3 is 0 Å². The zero-order chi connectivity index (χ0) is 22.4. The zero-order valence-corrected chi connectivity index (χ0v) is 20.1. The average molecular weight is 512 g/mol. The third kappa shape index (κ3) is 3.84. The fraction of sp³-hybridized carbons (Fsp3) is 0.273. The second-order valence-electron chi connectivity index (χ2n) is 7.96. The molecule has 0 saturated carbocycles. The second kappa shape index (κ2) is 8.18. The van der Waals surface area contributed by atoms with E-state index in [-0.39, 0.29) is 11.9 Å². The Balaban J connectivity index is 1.54. The lowest BCUT2D eigenvalue weighted by atomic mass is 10.0. The van der Waals surface area contributed by atoms with Crippen LogP contribution in [0.4, 0.5) is 16.9 Å².